The van der Waals surface area contributed by atoms with Crippen molar-refractivity contribution in [1.82, 2.24) is 0 Å². The van der Waals surface area contributed by atoms with E-state index >= 15 is 0 Å². The van der Waals surface area contributed by atoms with Crippen molar-refractivity contribution < 1.29 is 28.6 Å². The normalized spacial score (nSPS) is 15.0. The van der Waals surface area contributed by atoms with Crippen LogP contribution < -0.4 is 0 Å². The van der Waals surface area contributed by atoms with E-state index in [1.165, 1.54) is 45.6 Å². The fourth-order valence-electron chi connectivity index (χ4n) is 3.72. The van der Waals surface area contributed by atoms with E-state index in [0.717, 1.165) is 38.5 Å². The largest absolute Gasteiger partial charge is 0.469 e. The van der Waals surface area contributed by atoms with Crippen LogP contribution >= 0.6 is 0 Å². The van der Waals surface area contributed by atoms with Gasteiger partial charge in [-0.1, -0.05) is 78.1 Å². The zero-order chi connectivity index (χ0) is 24.3. The van der Waals surface area contributed by atoms with Crippen molar-refractivity contribution in [3.63, 3.8) is 0 Å². The van der Waals surface area contributed by atoms with Gasteiger partial charge >= 0.3 is 17.9 Å². The van der Waals surface area contributed by atoms with Gasteiger partial charge in [0.05, 0.1) is 39.1 Å². The van der Waals surface area contributed by atoms with Crippen molar-refractivity contribution in [3.8, 4) is 0 Å². The minimum Gasteiger partial charge on any atom is -0.469 e. The van der Waals surface area contributed by atoms with Crippen LogP contribution in [0, 0.1) is 30.6 Å². The molecule has 0 saturated heterocycles. The second kappa shape index (κ2) is 18.8. The molecule has 0 aliphatic heterocycles. The summed E-state index contributed by atoms with van der Waals surface area (Å²) < 4.78 is 15.5. The van der Waals surface area contributed by atoms with Gasteiger partial charge in [-0.25, -0.2) is 0 Å². The first-order chi connectivity index (χ1) is 16.0. The predicted octanol–water partition coefficient (Wildman–Crippen LogP) is 5.89. The molecule has 0 heterocycles. The summed E-state index contributed by atoms with van der Waals surface area (Å²) in [5.74, 6) is 0.345. The molecule has 187 valence electrons. The monoisotopic (exact) mass is 463 g/mol. The van der Waals surface area contributed by atoms with Gasteiger partial charge < -0.3 is 14.2 Å². The molecule has 1 aliphatic carbocycles. The van der Waals surface area contributed by atoms with E-state index in [2.05, 4.69) is 13.8 Å². The zero-order valence-electron chi connectivity index (χ0n) is 20.9. The van der Waals surface area contributed by atoms with E-state index in [1.807, 2.05) is 0 Å². The molecule has 0 spiro atoms. The molecular weight excluding hydrogens is 420 g/mol. The molecule has 1 fully saturated rings. The minimum absolute atomic E-state index is 0.0207. The van der Waals surface area contributed by atoms with Crippen LogP contribution in [0.25, 0.3) is 0 Å². The average molecular weight is 464 g/mol. The molecule has 0 aromatic heterocycles. The molecule has 0 amide bonds. The van der Waals surface area contributed by atoms with Gasteiger partial charge in [-0.3, -0.25) is 14.4 Å². The van der Waals surface area contributed by atoms with Crippen molar-refractivity contribution in [3.05, 3.63) is 30.6 Å². The maximum atomic E-state index is 12.3. The summed E-state index contributed by atoms with van der Waals surface area (Å²) >= 11 is 0. The summed E-state index contributed by atoms with van der Waals surface area (Å²) in [5.41, 5.74) is 0. The van der Waals surface area contributed by atoms with Gasteiger partial charge in [0.15, 0.2) is 0 Å². The topological polar surface area (TPSA) is 78.9 Å². The number of unbranched alkanes of at least 4 members (excludes halogenated alkanes) is 10. The lowest BCUT2D eigenvalue weighted by Crippen LogP contribution is -2.17. The van der Waals surface area contributed by atoms with Crippen LogP contribution in [0.4, 0.5) is 0 Å². The molecule has 33 heavy (non-hydrogen) atoms. The summed E-state index contributed by atoms with van der Waals surface area (Å²) in [6, 6.07) is 0. The van der Waals surface area contributed by atoms with E-state index < -0.39 is 5.97 Å². The molecule has 0 atom stereocenters. The van der Waals surface area contributed by atoms with Crippen LogP contribution in [0.1, 0.15) is 104 Å². The van der Waals surface area contributed by atoms with Crippen molar-refractivity contribution in [2.24, 2.45) is 0 Å². The summed E-state index contributed by atoms with van der Waals surface area (Å²) in [6.45, 7) is 5.15. The summed E-state index contributed by atoms with van der Waals surface area (Å²) in [4.78, 5) is 36.5. The van der Waals surface area contributed by atoms with Crippen LogP contribution in [0.5, 0.6) is 0 Å². The molecule has 1 rings (SSSR count). The summed E-state index contributed by atoms with van der Waals surface area (Å²) in [6.07, 6.45) is 16.7. The van der Waals surface area contributed by atoms with Crippen molar-refractivity contribution in [2.75, 3.05) is 20.3 Å². The molecule has 0 N–H and O–H groups in total. The fourth-order valence-corrected chi connectivity index (χ4v) is 3.72. The Morgan fingerprint density at radius 3 is 1.42 bits per heavy atom. The number of esters is 3. The van der Waals surface area contributed by atoms with Crippen molar-refractivity contribution in [2.45, 2.75) is 104 Å². The first-order valence-corrected chi connectivity index (χ1v) is 12.7. The molecule has 0 unspecified atom stereocenters. The molecule has 1 saturated carbocycles. The highest BCUT2D eigenvalue weighted by molar-refractivity contribution is 5.94. The molecule has 0 aromatic carbocycles. The molecule has 0 aromatic rings. The van der Waals surface area contributed by atoms with Gasteiger partial charge in [0.25, 0.3) is 0 Å². The maximum Gasteiger partial charge on any atom is 0.313 e. The molecular formula is C27H43O6. The van der Waals surface area contributed by atoms with Gasteiger partial charge in [0.2, 0.25) is 0 Å². The highest BCUT2D eigenvalue weighted by atomic mass is 16.5. The lowest BCUT2D eigenvalue weighted by molar-refractivity contribution is -0.145. The van der Waals surface area contributed by atoms with E-state index in [-0.39, 0.29) is 24.8 Å². The Bertz CT molecular complexity index is 507. The van der Waals surface area contributed by atoms with Gasteiger partial charge in [0, 0.05) is 0 Å². The van der Waals surface area contributed by atoms with Gasteiger partial charge in [-0.2, -0.15) is 0 Å². The van der Waals surface area contributed by atoms with E-state index in [0.29, 0.717) is 31.0 Å². The van der Waals surface area contributed by atoms with Crippen LogP contribution in [0.15, 0.2) is 0 Å². The fraction of sp³-hybridized carbons (Fsp3) is 0.704. The summed E-state index contributed by atoms with van der Waals surface area (Å²) in [5, 5.41) is 0. The number of hydrogen-bond donors (Lipinski definition) is 0. The van der Waals surface area contributed by atoms with Crippen LogP contribution in [-0.2, 0) is 28.6 Å². The number of carbonyl (C=O) groups excluding carboxylic acids is 3. The molecule has 5 radical (unpaired) electrons. The SMILES string of the molecule is CCCCCCCCOC(=O)C[C]1[CH][C](C(=O)OC)[CH][C]1CC(=O)OCCCCCCCC. The van der Waals surface area contributed by atoms with E-state index in [9.17, 15) is 14.4 Å². The Morgan fingerprint density at radius 2 is 1.03 bits per heavy atom. The summed E-state index contributed by atoms with van der Waals surface area (Å²) in [7, 11) is 1.30. The van der Waals surface area contributed by atoms with Gasteiger partial charge in [-0.05, 0) is 37.5 Å². The Hall–Kier alpha value is -1.59. The van der Waals surface area contributed by atoms with Crippen LogP contribution in [-0.4, -0.2) is 38.2 Å². The smallest absolute Gasteiger partial charge is 0.313 e. The third kappa shape index (κ3) is 13.6. The first-order valence-electron chi connectivity index (χ1n) is 12.7. The second-order valence-corrected chi connectivity index (χ2v) is 8.62. The van der Waals surface area contributed by atoms with Gasteiger partial charge in [0.1, 0.15) is 0 Å². The average Bonchev–Trinajstić information content (AvgIpc) is 3.19. The van der Waals surface area contributed by atoms with E-state index in [1.54, 1.807) is 12.8 Å². The highest BCUT2D eigenvalue weighted by Crippen LogP contribution is 2.44. The van der Waals surface area contributed by atoms with Gasteiger partial charge in [-0.15, -0.1) is 0 Å². The van der Waals surface area contributed by atoms with E-state index in [4.69, 9.17) is 14.2 Å². The molecule has 6 heteroatoms. The number of hydrogen-bond acceptors (Lipinski definition) is 6. The number of rotatable bonds is 19. The quantitative estimate of drug-likeness (QED) is 0.135. The Labute approximate surface area is 201 Å². The molecule has 6 nitrogen and oxygen atoms in total. The third-order valence-electron chi connectivity index (χ3n) is 5.68. The van der Waals surface area contributed by atoms with Crippen LogP contribution in [0.2, 0.25) is 0 Å². The standard InChI is InChI=1S/C27H43O6/c1-4-6-8-10-12-14-16-32-25(28)20-22-18-24(27(30)31-3)19-23(22)21-26(29)33-17-15-13-11-9-7-5-2/h18-19H,4-17,20-21H2,1-3H3. The Morgan fingerprint density at radius 1 is 0.636 bits per heavy atom. The minimum atomic E-state index is -0.497. The Balaban J connectivity index is 2.37. The zero-order valence-corrected chi connectivity index (χ0v) is 20.9. The van der Waals surface area contributed by atoms with Crippen molar-refractivity contribution >= 4 is 17.9 Å². The second-order valence-electron chi connectivity index (χ2n) is 8.62. The number of carbonyl (C=O) groups is 3. The third-order valence-corrected chi connectivity index (χ3v) is 5.68. The maximum absolute atomic E-state index is 12.3. The number of ether oxygens (including phenoxy) is 3. The number of methoxy groups -OCH3 is 1. The van der Waals surface area contributed by atoms with Crippen molar-refractivity contribution in [1.29, 1.82) is 0 Å². The molecule has 0 bridgehead atoms. The Kier molecular flexibility index (Phi) is 16.8. The molecule has 1 aliphatic rings. The predicted molar refractivity (Wildman–Crippen MR) is 128 cm³/mol. The lowest BCUT2D eigenvalue weighted by atomic mass is 9.90. The van der Waals surface area contributed by atoms with Crippen LogP contribution in [0.3, 0.4) is 0 Å². The lowest BCUT2D eigenvalue weighted by Gasteiger charge is -2.16. The first kappa shape index (κ1) is 29.4. The highest BCUT2D eigenvalue weighted by Gasteiger charge is 2.42.